The molecule has 0 N–H and O–H groups in total. The van der Waals surface area contributed by atoms with E-state index in [2.05, 4.69) is 0 Å². The minimum Gasteiger partial charge on any atom is -0.477 e. The number of nitriles is 1. The third-order valence-corrected chi connectivity index (χ3v) is 2.45. The number of nitro benzene ring substituents is 1. The van der Waals surface area contributed by atoms with Crippen molar-refractivity contribution in [2.24, 2.45) is 0 Å². The number of likely N-dealkylation sites (N-methyl/N-ethyl adjacent to an activating group) is 1. The van der Waals surface area contributed by atoms with E-state index in [4.69, 9.17) is 10.00 Å². The number of halogens is 1. The molecule has 1 aromatic rings. The van der Waals surface area contributed by atoms with Crippen LogP contribution in [-0.2, 0) is 4.79 Å². The molecule has 0 fully saturated rings. The maximum Gasteiger partial charge on any atom is 0.311 e. The minimum absolute atomic E-state index is 0.169. The van der Waals surface area contributed by atoms with Crippen LogP contribution in [0, 0.1) is 27.3 Å². The van der Waals surface area contributed by atoms with Gasteiger partial charge in [-0.2, -0.15) is 5.26 Å². The zero-order valence-corrected chi connectivity index (χ0v) is 10.7. The van der Waals surface area contributed by atoms with Crippen molar-refractivity contribution < 1.29 is 18.8 Å². The van der Waals surface area contributed by atoms with E-state index in [1.165, 1.54) is 11.9 Å². The minimum atomic E-state index is -0.724. The molecule has 0 atom stereocenters. The monoisotopic (exact) mass is 281 g/mol. The lowest BCUT2D eigenvalue weighted by atomic mass is 10.3. The number of benzene rings is 1. The molecule has 1 aromatic carbocycles. The van der Waals surface area contributed by atoms with E-state index in [-0.39, 0.29) is 18.7 Å². The number of carbonyl (C=O) groups is 1. The van der Waals surface area contributed by atoms with Gasteiger partial charge in [-0.25, -0.2) is 4.39 Å². The first-order valence-corrected chi connectivity index (χ1v) is 5.63. The SMILES string of the molecule is CN(CCC#N)C(=O)COc1cc(F)ccc1[N+](=O)[O-]. The van der Waals surface area contributed by atoms with Crippen molar-refractivity contribution in [3.63, 3.8) is 0 Å². The maximum absolute atomic E-state index is 13.0. The van der Waals surface area contributed by atoms with Crippen molar-refractivity contribution in [1.29, 1.82) is 5.26 Å². The lowest BCUT2D eigenvalue weighted by molar-refractivity contribution is -0.385. The Kier molecular flexibility index (Phi) is 5.41. The first-order chi connectivity index (χ1) is 9.45. The van der Waals surface area contributed by atoms with Crippen LogP contribution in [0.25, 0.3) is 0 Å². The number of carbonyl (C=O) groups excluding carboxylic acids is 1. The van der Waals surface area contributed by atoms with Crippen LogP contribution in [-0.4, -0.2) is 35.9 Å². The smallest absolute Gasteiger partial charge is 0.311 e. The summed E-state index contributed by atoms with van der Waals surface area (Å²) in [6.45, 7) is -0.240. The molecule has 0 unspecified atom stereocenters. The van der Waals surface area contributed by atoms with Crippen molar-refractivity contribution >= 4 is 11.6 Å². The summed E-state index contributed by atoms with van der Waals surface area (Å²) in [7, 11) is 1.48. The number of hydrogen-bond acceptors (Lipinski definition) is 5. The second-order valence-corrected chi connectivity index (χ2v) is 3.88. The number of amides is 1. The lowest BCUT2D eigenvalue weighted by Gasteiger charge is -2.15. The lowest BCUT2D eigenvalue weighted by Crippen LogP contribution is -2.32. The second kappa shape index (κ2) is 7.04. The summed E-state index contributed by atoms with van der Waals surface area (Å²) >= 11 is 0. The third kappa shape index (κ3) is 4.20. The fourth-order valence-corrected chi connectivity index (χ4v) is 1.35. The molecule has 1 rings (SSSR count). The molecule has 0 saturated carbocycles. The van der Waals surface area contributed by atoms with Crippen LogP contribution >= 0.6 is 0 Å². The number of ether oxygens (including phenoxy) is 1. The van der Waals surface area contributed by atoms with Crippen LogP contribution in [0.2, 0.25) is 0 Å². The Morgan fingerprint density at radius 2 is 2.30 bits per heavy atom. The Morgan fingerprint density at radius 3 is 2.90 bits per heavy atom. The fourth-order valence-electron chi connectivity index (χ4n) is 1.35. The Balaban J connectivity index is 2.70. The molecule has 0 heterocycles. The highest BCUT2D eigenvalue weighted by Gasteiger charge is 2.18. The van der Waals surface area contributed by atoms with Crippen molar-refractivity contribution in [1.82, 2.24) is 4.90 Å². The molecule has 0 aliphatic rings. The normalized spacial score (nSPS) is 9.65. The quantitative estimate of drug-likeness (QED) is 0.581. The molecule has 0 spiro atoms. The van der Waals surface area contributed by atoms with Gasteiger partial charge in [-0.15, -0.1) is 0 Å². The first kappa shape index (κ1) is 15.4. The zero-order valence-electron chi connectivity index (χ0n) is 10.7. The van der Waals surface area contributed by atoms with Crippen molar-refractivity contribution in [3.05, 3.63) is 34.1 Å². The number of nitro groups is 1. The van der Waals surface area contributed by atoms with Crippen molar-refractivity contribution in [3.8, 4) is 11.8 Å². The van der Waals surface area contributed by atoms with Gasteiger partial charge in [0, 0.05) is 25.7 Å². The molecular formula is C12H12FN3O4. The molecule has 106 valence electrons. The van der Waals surface area contributed by atoms with Gasteiger partial charge in [-0.3, -0.25) is 14.9 Å². The highest BCUT2D eigenvalue weighted by Crippen LogP contribution is 2.27. The van der Waals surface area contributed by atoms with E-state index in [1.807, 2.05) is 6.07 Å². The number of rotatable bonds is 6. The Morgan fingerprint density at radius 1 is 1.60 bits per heavy atom. The van der Waals surface area contributed by atoms with Crippen LogP contribution in [0.15, 0.2) is 18.2 Å². The number of nitrogens with zero attached hydrogens (tertiary/aromatic N) is 3. The summed E-state index contributed by atoms with van der Waals surface area (Å²) < 4.78 is 18.0. The summed E-state index contributed by atoms with van der Waals surface area (Å²) in [5.41, 5.74) is -0.418. The van der Waals surface area contributed by atoms with Crippen LogP contribution in [0.1, 0.15) is 6.42 Å². The standard InChI is InChI=1S/C12H12FN3O4/c1-15(6-2-5-14)12(17)8-20-11-7-9(13)3-4-10(11)16(18)19/h3-4,7H,2,6,8H2,1H3. The van der Waals surface area contributed by atoms with Gasteiger partial charge in [0.25, 0.3) is 5.91 Å². The van der Waals surface area contributed by atoms with Crippen molar-refractivity contribution in [2.75, 3.05) is 20.2 Å². The molecular weight excluding hydrogens is 269 g/mol. The summed E-state index contributed by atoms with van der Waals surface area (Å²) in [6.07, 6.45) is 0.169. The number of hydrogen-bond donors (Lipinski definition) is 0. The average Bonchev–Trinajstić information content (AvgIpc) is 2.41. The topological polar surface area (TPSA) is 96.5 Å². The molecule has 0 aromatic heterocycles. The van der Waals surface area contributed by atoms with E-state index in [0.29, 0.717) is 0 Å². The van der Waals surface area contributed by atoms with Gasteiger partial charge in [-0.1, -0.05) is 0 Å². The molecule has 0 aliphatic heterocycles. The Hall–Kier alpha value is -2.69. The third-order valence-electron chi connectivity index (χ3n) is 2.45. The van der Waals surface area contributed by atoms with Gasteiger partial charge in [0.15, 0.2) is 6.61 Å². The summed E-state index contributed by atoms with van der Waals surface area (Å²) in [5, 5.41) is 19.1. The van der Waals surface area contributed by atoms with Gasteiger partial charge in [0.2, 0.25) is 5.75 Å². The highest BCUT2D eigenvalue weighted by atomic mass is 19.1. The maximum atomic E-state index is 13.0. The van der Waals surface area contributed by atoms with Crippen LogP contribution in [0.5, 0.6) is 5.75 Å². The largest absolute Gasteiger partial charge is 0.477 e. The second-order valence-electron chi connectivity index (χ2n) is 3.88. The highest BCUT2D eigenvalue weighted by molar-refractivity contribution is 5.77. The van der Waals surface area contributed by atoms with Gasteiger partial charge in [0.05, 0.1) is 17.4 Å². The molecule has 0 radical (unpaired) electrons. The predicted octanol–water partition coefficient (Wildman–Crippen LogP) is 1.48. The predicted molar refractivity (Wildman–Crippen MR) is 66.4 cm³/mol. The van der Waals surface area contributed by atoms with Crippen LogP contribution in [0.3, 0.4) is 0 Å². The molecule has 0 aliphatic carbocycles. The molecule has 0 bridgehead atoms. The molecule has 1 amide bonds. The first-order valence-electron chi connectivity index (χ1n) is 5.63. The van der Waals surface area contributed by atoms with E-state index in [0.717, 1.165) is 18.2 Å². The average molecular weight is 281 g/mol. The molecule has 7 nitrogen and oxygen atoms in total. The van der Waals surface area contributed by atoms with Crippen molar-refractivity contribution in [2.45, 2.75) is 6.42 Å². The Bertz CT molecular complexity index is 556. The Labute approximate surface area is 114 Å². The molecule has 20 heavy (non-hydrogen) atoms. The van der Waals surface area contributed by atoms with E-state index in [1.54, 1.807) is 0 Å². The summed E-state index contributed by atoms with van der Waals surface area (Å²) in [6, 6.07) is 4.64. The summed E-state index contributed by atoms with van der Waals surface area (Å²) in [4.78, 5) is 22.9. The zero-order chi connectivity index (χ0) is 15.1. The van der Waals surface area contributed by atoms with Gasteiger partial charge < -0.3 is 9.64 Å². The van der Waals surface area contributed by atoms with Gasteiger partial charge in [-0.05, 0) is 6.07 Å². The molecule has 0 saturated heterocycles. The van der Waals surface area contributed by atoms with E-state index in [9.17, 15) is 19.3 Å². The van der Waals surface area contributed by atoms with Gasteiger partial charge in [0.1, 0.15) is 5.82 Å². The molecule has 8 heteroatoms. The van der Waals surface area contributed by atoms with E-state index < -0.39 is 28.9 Å². The van der Waals surface area contributed by atoms with Gasteiger partial charge >= 0.3 is 5.69 Å². The van der Waals surface area contributed by atoms with E-state index >= 15 is 0 Å². The summed E-state index contributed by atoms with van der Waals surface area (Å²) in [5.74, 6) is -1.47. The van der Waals surface area contributed by atoms with Crippen LogP contribution in [0.4, 0.5) is 10.1 Å². The fraction of sp³-hybridized carbons (Fsp3) is 0.333. The van der Waals surface area contributed by atoms with Crippen LogP contribution < -0.4 is 4.74 Å².